The van der Waals surface area contributed by atoms with Gasteiger partial charge < -0.3 is 15.7 Å². The zero-order valence-corrected chi connectivity index (χ0v) is 11.3. The highest BCUT2D eigenvalue weighted by atomic mass is 16.4. The van der Waals surface area contributed by atoms with Gasteiger partial charge in [0.2, 0.25) is 5.91 Å². The Morgan fingerprint density at radius 1 is 1.20 bits per heavy atom. The summed E-state index contributed by atoms with van der Waals surface area (Å²) in [6.07, 6.45) is 4.57. The van der Waals surface area contributed by atoms with Crippen molar-refractivity contribution in [1.29, 1.82) is 0 Å². The van der Waals surface area contributed by atoms with Gasteiger partial charge in [0, 0.05) is 6.04 Å². The van der Waals surface area contributed by atoms with Gasteiger partial charge in [-0.15, -0.1) is 0 Å². The molecule has 1 saturated carbocycles. The maximum absolute atomic E-state index is 11.9. The highest BCUT2D eigenvalue weighted by Crippen LogP contribution is 2.17. The quantitative estimate of drug-likeness (QED) is 0.735. The van der Waals surface area contributed by atoms with Crippen molar-refractivity contribution in [3.63, 3.8) is 0 Å². The third-order valence-electron chi connectivity index (χ3n) is 3.59. The number of carbonyl (C=O) groups is 2. The van der Waals surface area contributed by atoms with E-state index in [1.54, 1.807) is 24.3 Å². The van der Waals surface area contributed by atoms with E-state index >= 15 is 0 Å². The molecule has 5 nitrogen and oxygen atoms in total. The van der Waals surface area contributed by atoms with Gasteiger partial charge >= 0.3 is 5.97 Å². The number of carboxylic acid groups (broad SMARTS) is 1. The summed E-state index contributed by atoms with van der Waals surface area (Å²) in [7, 11) is 0. The van der Waals surface area contributed by atoms with Crippen LogP contribution in [-0.2, 0) is 9.59 Å². The fraction of sp³-hybridized carbons (Fsp3) is 0.467. The molecule has 0 aliphatic heterocycles. The molecule has 1 fully saturated rings. The van der Waals surface area contributed by atoms with Gasteiger partial charge in [0.25, 0.3) is 0 Å². The normalized spacial score (nSPS) is 16.8. The van der Waals surface area contributed by atoms with Crippen molar-refractivity contribution < 1.29 is 14.7 Å². The molecule has 1 aliphatic rings. The molecule has 5 heteroatoms. The van der Waals surface area contributed by atoms with Crippen LogP contribution in [0.5, 0.6) is 0 Å². The van der Waals surface area contributed by atoms with Crippen LogP contribution in [0, 0.1) is 0 Å². The highest BCUT2D eigenvalue weighted by molar-refractivity contribution is 5.85. The fourth-order valence-electron chi connectivity index (χ4n) is 2.51. The molecule has 1 aliphatic carbocycles. The molecule has 0 saturated heterocycles. The van der Waals surface area contributed by atoms with Crippen molar-refractivity contribution in [1.82, 2.24) is 10.6 Å². The van der Waals surface area contributed by atoms with Crippen LogP contribution in [0.15, 0.2) is 30.3 Å². The van der Waals surface area contributed by atoms with Gasteiger partial charge in [0.05, 0.1) is 6.54 Å². The number of aliphatic carboxylic acids is 1. The minimum atomic E-state index is -1.05. The second-order valence-corrected chi connectivity index (χ2v) is 5.11. The topological polar surface area (TPSA) is 78.4 Å². The van der Waals surface area contributed by atoms with Crippen molar-refractivity contribution >= 4 is 11.9 Å². The van der Waals surface area contributed by atoms with Gasteiger partial charge in [-0.25, -0.2) is 4.79 Å². The van der Waals surface area contributed by atoms with Crippen LogP contribution in [0.1, 0.15) is 37.3 Å². The van der Waals surface area contributed by atoms with Crippen LogP contribution < -0.4 is 10.6 Å². The molecule has 1 aromatic rings. The predicted molar refractivity (Wildman–Crippen MR) is 75.2 cm³/mol. The molecule has 0 aromatic heterocycles. The Kier molecular flexibility index (Phi) is 5.12. The Bertz CT molecular complexity index is 455. The van der Waals surface area contributed by atoms with Gasteiger partial charge in [-0.3, -0.25) is 4.79 Å². The number of amides is 1. The van der Waals surface area contributed by atoms with E-state index in [1.165, 1.54) is 12.8 Å². The molecule has 1 amide bonds. The van der Waals surface area contributed by atoms with Gasteiger partial charge in [0.15, 0.2) is 6.04 Å². The molecule has 108 valence electrons. The van der Waals surface area contributed by atoms with Crippen molar-refractivity contribution in [2.24, 2.45) is 0 Å². The molecule has 0 unspecified atom stereocenters. The van der Waals surface area contributed by atoms with Crippen molar-refractivity contribution in [2.45, 2.75) is 37.8 Å². The molecule has 2 rings (SSSR count). The fourth-order valence-corrected chi connectivity index (χ4v) is 2.51. The predicted octanol–water partition coefficient (Wildman–Crippen LogP) is 1.46. The van der Waals surface area contributed by atoms with Crippen LogP contribution in [0.3, 0.4) is 0 Å². The van der Waals surface area contributed by atoms with Crippen LogP contribution in [-0.4, -0.2) is 29.6 Å². The molecule has 1 aromatic carbocycles. The average Bonchev–Trinajstić information content (AvgIpc) is 2.96. The summed E-state index contributed by atoms with van der Waals surface area (Å²) in [5.41, 5.74) is 0.578. The average molecular weight is 276 g/mol. The monoisotopic (exact) mass is 276 g/mol. The van der Waals surface area contributed by atoms with E-state index in [2.05, 4.69) is 10.6 Å². The first-order chi connectivity index (χ1) is 9.66. The molecule has 0 spiro atoms. The Morgan fingerprint density at radius 2 is 1.85 bits per heavy atom. The zero-order valence-electron chi connectivity index (χ0n) is 11.3. The molecule has 0 bridgehead atoms. The molecular weight excluding hydrogens is 256 g/mol. The molecule has 3 N–H and O–H groups in total. The first kappa shape index (κ1) is 14.5. The summed E-state index contributed by atoms with van der Waals surface area (Å²) in [5.74, 6) is -1.33. The number of rotatable bonds is 6. The summed E-state index contributed by atoms with van der Waals surface area (Å²) in [6.45, 7) is 0.168. The van der Waals surface area contributed by atoms with Crippen molar-refractivity contribution in [2.75, 3.05) is 6.54 Å². The molecule has 0 radical (unpaired) electrons. The number of hydrogen-bond donors (Lipinski definition) is 3. The summed E-state index contributed by atoms with van der Waals surface area (Å²) in [5, 5.41) is 14.9. The smallest absolute Gasteiger partial charge is 0.330 e. The molecule has 0 heterocycles. The number of carboxylic acids is 1. The largest absolute Gasteiger partial charge is 0.479 e. The van der Waals surface area contributed by atoms with E-state index in [9.17, 15) is 14.7 Å². The zero-order chi connectivity index (χ0) is 14.4. The van der Waals surface area contributed by atoms with Gasteiger partial charge in [-0.05, 0) is 18.4 Å². The number of benzene rings is 1. The third kappa shape index (κ3) is 4.06. The van der Waals surface area contributed by atoms with E-state index in [0.29, 0.717) is 11.6 Å². The summed E-state index contributed by atoms with van der Waals surface area (Å²) in [4.78, 5) is 23.1. The lowest BCUT2D eigenvalue weighted by molar-refractivity contribution is -0.141. The van der Waals surface area contributed by atoms with Crippen LogP contribution >= 0.6 is 0 Å². The number of hydrogen-bond acceptors (Lipinski definition) is 3. The summed E-state index contributed by atoms with van der Waals surface area (Å²) < 4.78 is 0. The third-order valence-corrected chi connectivity index (χ3v) is 3.59. The molecule has 1 atom stereocenters. The maximum atomic E-state index is 11.9. The van der Waals surface area contributed by atoms with Crippen LogP contribution in [0.25, 0.3) is 0 Å². The minimum Gasteiger partial charge on any atom is -0.479 e. The van der Waals surface area contributed by atoms with Crippen LogP contribution in [0.2, 0.25) is 0 Å². The Balaban J connectivity index is 1.87. The first-order valence-electron chi connectivity index (χ1n) is 6.97. The van der Waals surface area contributed by atoms with Gasteiger partial charge in [-0.2, -0.15) is 0 Å². The molecular formula is C15H20N2O3. The van der Waals surface area contributed by atoms with Gasteiger partial charge in [-0.1, -0.05) is 43.2 Å². The highest BCUT2D eigenvalue weighted by Gasteiger charge is 2.22. The SMILES string of the molecule is O=C(CNC1CCCC1)N[C@H](C(=O)O)c1ccccc1. The Labute approximate surface area is 118 Å². The van der Waals surface area contributed by atoms with E-state index in [0.717, 1.165) is 12.8 Å². The Hall–Kier alpha value is -1.88. The maximum Gasteiger partial charge on any atom is 0.330 e. The van der Waals surface area contributed by atoms with E-state index in [4.69, 9.17) is 0 Å². The molecule has 20 heavy (non-hydrogen) atoms. The standard InChI is InChI=1S/C15H20N2O3/c18-13(10-16-12-8-4-5-9-12)17-14(15(19)20)11-6-2-1-3-7-11/h1-3,6-7,12,14,16H,4-5,8-10H2,(H,17,18)(H,19,20)/t14-/m0/s1. The second-order valence-electron chi connectivity index (χ2n) is 5.11. The minimum absolute atomic E-state index is 0.168. The van der Waals surface area contributed by atoms with Crippen LogP contribution in [0.4, 0.5) is 0 Å². The number of carbonyl (C=O) groups excluding carboxylic acids is 1. The van der Waals surface area contributed by atoms with Crippen molar-refractivity contribution in [3.8, 4) is 0 Å². The second kappa shape index (κ2) is 7.05. The van der Waals surface area contributed by atoms with E-state index in [-0.39, 0.29) is 12.5 Å². The summed E-state index contributed by atoms with van der Waals surface area (Å²) in [6, 6.07) is 8.12. The lowest BCUT2D eigenvalue weighted by Gasteiger charge is -2.16. The summed E-state index contributed by atoms with van der Waals surface area (Å²) >= 11 is 0. The van der Waals surface area contributed by atoms with E-state index < -0.39 is 12.0 Å². The lowest BCUT2D eigenvalue weighted by Crippen LogP contribution is -2.41. The van der Waals surface area contributed by atoms with Crippen molar-refractivity contribution in [3.05, 3.63) is 35.9 Å². The number of nitrogens with one attached hydrogen (secondary N) is 2. The lowest BCUT2D eigenvalue weighted by atomic mass is 10.1. The first-order valence-corrected chi connectivity index (χ1v) is 6.97. The van der Waals surface area contributed by atoms with E-state index in [1.807, 2.05) is 6.07 Å². The Morgan fingerprint density at radius 3 is 2.45 bits per heavy atom. The van der Waals surface area contributed by atoms with Gasteiger partial charge in [0.1, 0.15) is 0 Å².